The molecule has 0 saturated heterocycles. The minimum Gasteiger partial charge on any atom is -0.381 e. The van der Waals surface area contributed by atoms with E-state index in [1.54, 1.807) is 17.8 Å². The molecule has 1 rings (SSSR count). The van der Waals surface area contributed by atoms with E-state index < -0.39 is 0 Å². The summed E-state index contributed by atoms with van der Waals surface area (Å²) in [6.45, 7) is 8.09. The molecule has 1 aromatic heterocycles. The number of ether oxygens (including phenoxy) is 1. The maximum atomic E-state index is 11.7. The van der Waals surface area contributed by atoms with Crippen molar-refractivity contribution >= 4 is 23.6 Å². The fraction of sp³-hybridized carbons (Fsp3) is 0.600. The number of hydrogen-bond acceptors (Lipinski definition) is 3. The minimum absolute atomic E-state index is 0.141. The van der Waals surface area contributed by atoms with Gasteiger partial charge in [-0.1, -0.05) is 25.4 Å². The average Bonchev–Trinajstić information content (AvgIpc) is 2.65. The number of nitrogens with zero attached hydrogens (tertiary/aromatic N) is 2. The van der Waals surface area contributed by atoms with Gasteiger partial charge in [-0.25, -0.2) is 0 Å². The number of carbonyl (C=O) groups is 1. The van der Waals surface area contributed by atoms with Crippen LogP contribution in [0.1, 0.15) is 31.5 Å². The summed E-state index contributed by atoms with van der Waals surface area (Å²) in [5.41, 5.74) is 1.57. The zero-order chi connectivity index (χ0) is 15.8. The van der Waals surface area contributed by atoms with Crippen molar-refractivity contribution in [1.82, 2.24) is 15.1 Å². The zero-order valence-corrected chi connectivity index (χ0v) is 13.9. The highest BCUT2D eigenvalue weighted by molar-refractivity contribution is 6.31. The van der Waals surface area contributed by atoms with E-state index in [1.807, 2.05) is 6.92 Å². The largest absolute Gasteiger partial charge is 0.381 e. The van der Waals surface area contributed by atoms with Gasteiger partial charge in [0, 0.05) is 38.4 Å². The van der Waals surface area contributed by atoms with Gasteiger partial charge in [-0.05, 0) is 25.3 Å². The number of aromatic nitrogens is 2. The van der Waals surface area contributed by atoms with Gasteiger partial charge >= 0.3 is 0 Å². The molecule has 0 saturated carbocycles. The van der Waals surface area contributed by atoms with Crippen LogP contribution in [0.4, 0.5) is 0 Å². The van der Waals surface area contributed by atoms with E-state index in [9.17, 15) is 4.79 Å². The molecule has 0 aliphatic heterocycles. The Labute approximate surface area is 131 Å². The third kappa shape index (κ3) is 6.31. The molecule has 0 atom stereocenters. The van der Waals surface area contributed by atoms with Gasteiger partial charge in [0.2, 0.25) is 5.91 Å². The summed E-state index contributed by atoms with van der Waals surface area (Å²) in [5.74, 6) is 0.396. The zero-order valence-electron chi connectivity index (χ0n) is 13.1. The van der Waals surface area contributed by atoms with Crippen molar-refractivity contribution in [2.75, 3.05) is 19.8 Å². The highest BCUT2D eigenvalue weighted by atomic mass is 35.5. The lowest BCUT2D eigenvalue weighted by Gasteiger charge is -2.06. The van der Waals surface area contributed by atoms with Crippen molar-refractivity contribution in [2.45, 2.75) is 27.2 Å². The van der Waals surface area contributed by atoms with Crippen LogP contribution in [0, 0.1) is 12.8 Å². The molecule has 0 bridgehead atoms. The number of hydrogen-bond donors (Lipinski definition) is 1. The Kier molecular flexibility index (Phi) is 7.47. The second kappa shape index (κ2) is 8.85. The lowest BCUT2D eigenvalue weighted by molar-refractivity contribution is -0.116. The van der Waals surface area contributed by atoms with E-state index in [4.69, 9.17) is 16.3 Å². The van der Waals surface area contributed by atoms with Crippen LogP contribution in [0.3, 0.4) is 0 Å². The lowest BCUT2D eigenvalue weighted by atomic mass is 10.2. The lowest BCUT2D eigenvalue weighted by Crippen LogP contribution is -2.23. The SMILES string of the molecule is Cc1nn(C)c(Cl)c1/C=C/C(=O)NCCCOCC(C)C. The van der Waals surface area contributed by atoms with Gasteiger partial charge < -0.3 is 10.1 Å². The van der Waals surface area contributed by atoms with Gasteiger partial charge in [-0.15, -0.1) is 0 Å². The highest BCUT2D eigenvalue weighted by Gasteiger charge is 2.08. The van der Waals surface area contributed by atoms with Crippen molar-refractivity contribution in [2.24, 2.45) is 13.0 Å². The molecule has 118 valence electrons. The second-order valence-electron chi connectivity index (χ2n) is 5.36. The first kappa shape index (κ1) is 17.7. The number of amides is 1. The standard InChI is InChI=1S/C15H24ClN3O2/c1-11(2)10-21-9-5-8-17-14(20)7-6-13-12(3)18-19(4)15(13)16/h6-7,11H,5,8-10H2,1-4H3,(H,17,20)/b7-6+. The van der Waals surface area contributed by atoms with Gasteiger partial charge in [0.05, 0.1) is 5.69 Å². The van der Waals surface area contributed by atoms with E-state index in [0.717, 1.165) is 24.3 Å². The van der Waals surface area contributed by atoms with Crippen molar-refractivity contribution < 1.29 is 9.53 Å². The fourth-order valence-corrected chi connectivity index (χ4v) is 2.00. The van der Waals surface area contributed by atoms with E-state index >= 15 is 0 Å². The average molecular weight is 314 g/mol. The number of nitrogens with one attached hydrogen (secondary N) is 1. The highest BCUT2D eigenvalue weighted by Crippen LogP contribution is 2.19. The van der Waals surface area contributed by atoms with Crippen LogP contribution in [0.15, 0.2) is 6.08 Å². The van der Waals surface area contributed by atoms with Crippen LogP contribution in [0.25, 0.3) is 6.08 Å². The number of halogens is 1. The topological polar surface area (TPSA) is 56.2 Å². The monoisotopic (exact) mass is 313 g/mol. The van der Waals surface area contributed by atoms with Gasteiger partial charge in [-0.3, -0.25) is 9.48 Å². The van der Waals surface area contributed by atoms with Crippen LogP contribution in [-0.4, -0.2) is 35.4 Å². The molecule has 6 heteroatoms. The predicted molar refractivity (Wildman–Crippen MR) is 85.3 cm³/mol. The maximum absolute atomic E-state index is 11.7. The van der Waals surface area contributed by atoms with E-state index in [2.05, 4.69) is 24.3 Å². The number of carbonyl (C=O) groups excluding carboxylic acids is 1. The summed E-state index contributed by atoms with van der Waals surface area (Å²) in [5, 5.41) is 7.52. The van der Waals surface area contributed by atoms with E-state index in [-0.39, 0.29) is 5.91 Å². The molecular weight excluding hydrogens is 290 g/mol. The number of rotatable bonds is 8. The predicted octanol–water partition coefficient (Wildman–Crippen LogP) is 2.57. The summed E-state index contributed by atoms with van der Waals surface area (Å²) in [4.78, 5) is 11.7. The smallest absolute Gasteiger partial charge is 0.244 e. The van der Waals surface area contributed by atoms with Crippen LogP contribution in [-0.2, 0) is 16.6 Å². The van der Waals surface area contributed by atoms with Crippen LogP contribution in [0.2, 0.25) is 5.15 Å². The van der Waals surface area contributed by atoms with Crippen molar-refractivity contribution in [3.05, 3.63) is 22.5 Å². The Morgan fingerprint density at radius 3 is 2.81 bits per heavy atom. The molecule has 1 N–H and O–H groups in total. The van der Waals surface area contributed by atoms with Gasteiger partial charge in [0.15, 0.2) is 0 Å². The molecule has 0 aliphatic rings. The molecule has 0 aliphatic carbocycles. The Morgan fingerprint density at radius 2 is 2.24 bits per heavy atom. The summed E-state index contributed by atoms with van der Waals surface area (Å²) in [6, 6.07) is 0. The third-order valence-corrected chi connectivity index (χ3v) is 3.26. The molecule has 0 aromatic carbocycles. The minimum atomic E-state index is -0.141. The molecule has 0 spiro atoms. The summed E-state index contributed by atoms with van der Waals surface area (Å²) < 4.78 is 7.03. The Bertz CT molecular complexity index is 495. The first-order valence-electron chi connectivity index (χ1n) is 7.14. The Morgan fingerprint density at radius 1 is 1.52 bits per heavy atom. The molecule has 21 heavy (non-hydrogen) atoms. The molecule has 0 radical (unpaired) electrons. The van der Waals surface area contributed by atoms with Gasteiger partial charge in [-0.2, -0.15) is 5.10 Å². The van der Waals surface area contributed by atoms with Gasteiger partial charge in [0.1, 0.15) is 5.15 Å². The van der Waals surface area contributed by atoms with E-state index in [0.29, 0.717) is 24.2 Å². The first-order chi connectivity index (χ1) is 9.91. The van der Waals surface area contributed by atoms with E-state index in [1.165, 1.54) is 6.08 Å². The van der Waals surface area contributed by atoms with Crippen molar-refractivity contribution in [3.8, 4) is 0 Å². The second-order valence-corrected chi connectivity index (χ2v) is 5.72. The molecule has 1 aromatic rings. The fourth-order valence-electron chi connectivity index (χ4n) is 1.76. The summed E-state index contributed by atoms with van der Waals surface area (Å²) in [7, 11) is 1.77. The Balaban J connectivity index is 2.29. The molecule has 1 heterocycles. The summed E-state index contributed by atoms with van der Waals surface area (Å²) in [6.07, 6.45) is 3.97. The molecule has 5 nitrogen and oxygen atoms in total. The van der Waals surface area contributed by atoms with Crippen LogP contribution in [0.5, 0.6) is 0 Å². The maximum Gasteiger partial charge on any atom is 0.244 e. The summed E-state index contributed by atoms with van der Waals surface area (Å²) >= 11 is 6.09. The normalized spacial score (nSPS) is 11.5. The van der Waals surface area contributed by atoms with Gasteiger partial charge in [0.25, 0.3) is 0 Å². The van der Waals surface area contributed by atoms with Crippen molar-refractivity contribution in [1.29, 1.82) is 0 Å². The molecule has 0 fully saturated rings. The van der Waals surface area contributed by atoms with Crippen LogP contribution >= 0.6 is 11.6 Å². The quantitative estimate of drug-likeness (QED) is 0.593. The molecule has 1 amide bonds. The molecule has 0 unspecified atom stereocenters. The Hall–Kier alpha value is -1.33. The van der Waals surface area contributed by atoms with Crippen LogP contribution < -0.4 is 5.32 Å². The molecular formula is C15H24ClN3O2. The third-order valence-electron chi connectivity index (χ3n) is 2.81. The first-order valence-corrected chi connectivity index (χ1v) is 7.52. The van der Waals surface area contributed by atoms with Crippen molar-refractivity contribution in [3.63, 3.8) is 0 Å². The number of aryl methyl sites for hydroxylation is 2.